The van der Waals surface area contributed by atoms with Crippen LogP contribution < -0.4 is 14.8 Å². The first-order chi connectivity index (χ1) is 14.0. The van der Waals surface area contributed by atoms with E-state index in [-0.39, 0.29) is 12.5 Å². The second-order valence-corrected chi connectivity index (χ2v) is 6.84. The van der Waals surface area contributed by atoms with Crippen LogP contribution in [0.2, 0.25) is 0 Å². The molecule has 1 saturated heterocycles. The molecule has 2 heterocycles. The molecule has 1 fully saturated rings. The molecule has 2 aliphatic heterocycles. The minimum Gasteiger partial charge on any atom is -0.454 e. The molecule has 0 unspecified atom stereocenters. The summed E-state index contributed by atoms with van der Waals surface area (Å²) < 4.78 is 36.9. The Morgan fingerprint density at radius 3 is 2.45 bits per heavy atom. The Bertz CT molecular complexity index is 945. The van der Waals surface area contributed by atoms with Crippen LogP contribution in [0.15, 0.2) is 36.4 Å². The van der Waals surface area contributed by atoms with Crippen molar-refractivity contribution in [2.75, 3.05) is 38.3 Å². The standard InChI is InChI=1S/C20H19F2N3O4/c21-15-3-2-14(10-16(15)22)23-19(26)20(27)25-7-5-24(6-8-25)11-13-1-4-17-18(9-13)29-12-28-17/h1-4,9-10H,5-8,11-12H2,(H,23,26). The van der Waals surface area contributed by atoms with Crippen LogP contribution in [0.4, 0.5) is 14.5 Å². The monoisotopic (exact) mass is 403 g/mol. The number of amides is 2. The summed E-state index contributed by atoms with van der Waals surface area (Å²) in [5, 5.41) is 2.31. The zero-order valence-corrected chi connectivity index (χ0v) is 15.5. The van der Waals surface area contributed by atoms with Crippen LogP contribution in [0.3, 0.4) is 0 Å². The summed E-state index contributed by atoms with van der Waals surface area (Å²) in [7, 11) is 0. The zero-order chi connectivity index (χ0) is 20.4. The van der Waals surface area contributed by atoms with E-state index in [1.165, 1.54) is 11.0 Å². The highest BCUT2D eigenvalue weighted by atomic mass is 19.2. The Hall–Kier alpha value is -3.20. The van der Waals surface area contributed by atoms with Crippen LogP contribution in [0.25, 0.3) is 0 Å². The van der Waals surface area contributed by atoms with Gasteiger partial charge in [-0.15, -0.1) is 0 Å². The summed E-state index contributed by atoms with van der Waals surface area (Å²) in [5.41, 5.74) is 1.11. The lowest BCUT2D eigenvalue weighted by Gasteiger charge is -2.34. The summed E-state index contributed by atoms with van der Waals surface area (Å²) in [6, 6.07) is 8.72. The van der Waals surface area contributed by atoms with Crippen LogP contribution in [0.5, 0.6) is 11.5 Å². The number of benzene rings is 2. The average molecular weight is 403 g/mol. The maximum absolute atomic E-state index is 13.2. The molecule has 152 valence electrons. The first-order valence-electron chi connectivity index (χ1n) is 9.16. The fourth-order valence-corrected chi connectivity index (χ4v) is 3.31. The van der Waals surface area contributed by atoms with E-state index in [1.54, 1.807) is 0 Å². The molecule has 1 N–H and O–H groups in total. The van der Waals surface area contributed by atoms with E-state index >= 15 is 0 Å². The molecule has 0 radical (unpaired) electrons. The fourth-order valence-electron chi connectivity index (χ4n) is 3.31. The molecule has 29 heavy (non-hydrogen) atoms. The highest BCUT2D eigenvalue weighted by Gasteiger charge is 2.26. The number of hydrogen-bond donors (Lipinski definition) is 1. The van der Waals surface area contributed by atoms with Gasteiger partial charge in [0.2, 0.25) is 6.79 Å². The molecule has 0 aromatic heterocycles. The average Bonchev–Trinajstić information content (AvgIpc) is 3.18. The van der Waals surface area contributed by atoms with Gasteiger partial charge in [-0.05, 0) is 29.8 Å². The van der Waals surface area contributed by atoms with Gasteiger partial charge in [-0.2, -0.15) is 0 Å². The maximum atomic E-state index is 13.2. The van der Waals surface area contributed by atoms with Crippen LogP contribution in [0.1, 0.15) is 5.56 Å². The van der Waals surface area contributed by atoms with Gasteiger partial charge in [0.1, 0.15) is 0 Å². The quantitative estimate of drug-likeness (QED) is 0.794. The lowest BCUT2D eigenvalue weighted by molar-refractivity contribution is -0.144. The van der Waals surface area contributed by atoms with Crippen molar-refractivity contribution in [3.05, 3.63) is 53.6 Å². The lowest BCUT2D eigenvalue weighted by atomic mass is 10.1. The predicted octanol–water partition coefficient (Wildman–Crippen LogP) is 1.98. The van der Waals surface area contributed by atoms with Crippen molar-refractivity contribution in [3.8, 4) is 11.5 Å². The van der Waals surface area contributed by atoms with Crippen LogP contribution in [-0.4, -0.2) is 54.6 Å². The number of anilines is 1. The van der Waals surface area contributed by atoms with Gasteiger partial charge in [-0.1, -0.05) is 6.07 Å². The first-order valence-corrected chi connectivity index (χ1v) is 9.16. The Morgan fingerprint density at radius 2 is 1.69 bits per heavy atom. The maximum Gasteiger partial charge on any atom is 0.313 e. The number of ether oxygens (including phenoxy) is 2. The van der Waals surface area contributed by atoms with E-state index in [0.717, 1.165) is 29.2 Å². The smallest absolute Gasteiger partial charge is 0.313 e. The fraction of sp³-hybridized carbons (Fsp3) is 0.300. The summed E-state index contributed by atoms with van der Waals surface area (Å²) in [6.07, 6.45) is 0. The van der Waals surface area contributed by atoms with Gasteiger partial charge in [0, 0.05) is 44.5 Å². The van der Waals surface area contributed by atoms with Crippen molar-refractivity contribution < 1.29 is 27.8 Å². The SMILES string of the molecule is O=C(Nc1ccc(F)c(F)c1)C(=O)N1CCN(Cc2ccc3c(c2)OCO3)CC1. The van der Waals surface area contributed by atoms with Gasteiger partial charge >= 0.3 is 11.8 Å². The van der Waals surface area contributed by atoms with E-state index in [2.05, 4.69) is 10.2 Å². The van der Waals surface area contributed by atoms with Gasteiger partial charge < -0.3 is 19.7 Å². The predicted molar refractivity (Wildman–Crippen MR) is 99.4 cm³/mol. The zero-order valence-electron chi connectivity index (χ0n) is 15.5. The largest absolute Gasteiger partial charge is 0.454 e. The van der Waals surface area contributed by atoms with Crippen molar-refractivity contribution in [1.29, 1.82) is 0 Å². The van der Waals surface area contributed by atoms with E-state index in [4.69, 9.17) is 9.47 Å². The molecule has 2 amide bonds. The van der Waals surface area contributed by atoms with Gasteiger partial charge in [-0.25, -0.2) is 8.78 Å². The molecule has 0 aliphatic carbocycles. The Balaban J connectivity index is 1.28. The third-order valence-corrected chi connectivity index (χ3v) is 4.87. The third-order valence-electron chi connectivity index (χ3n) is 4.87. The normalized spacial score (nSPS) is 16.0. The van der Waals surface area contributed by atoms with E-state index < -0.39 is 23.4 Å². The van der Waals surface area contributed by atoms with Crippen LogP contribution in [0, 0.1) is 11.6 Å². The second-order valence-electron chi connectivity index (χ2n) is 6.84. The number of halogens is 2. The molecule has 0 saturated carbocycles. The van der Waals surface area contributed by atoms with Crippen molar-refractivity contribution in [2.24, 2.45) is 0 Å². The van der Waals surface area contributed by atoms with Gasteiger partial charge in [0.25, 0.3) is 0 Å². The molecule has 2 aliphatic rings. The number of fused-ring (bicyclic) bond motifs is 1. The first kappa shape index (κ1) is 19.1. The molecule has 7 nitrogen and oxygen atoms in total. The minimum absolute atomic E-state index is 0.0312. The number of nitrogens with zero attached hydrogens (tertiary/aromatic N) is 2. The topological polar surface area (TPSA) is 71.1 Å². The number of carbonyl (C=O) groups excluding carboxylic acids is 2. The van der Waals surface area contributed by atoms with Gasteiger partial charge in [-0.3, -0.25) is 14.5 Å². The van der Waals surface area contributed by atoms with Gasteiger partial charge in [0.15, 0.2) is 23.1 Å². The van der Waals surface area contributed by atoms with Crippen LogP contribution >= 0.6 is 0 Å². The second kappa shape index (κ2) is 8.04. The van der Waals surface area contributed by atoms with Crippen molar-refractivity contribution in [2.45, 2.75) is 6.54 Å². The number of rotatable bonds is 3. The minimum atomic E-state index is -1.09. The molecule has 2 aromatic rings. The Labute approximate surface area is 165 Å². The summed E-state index contributed by atoms with van der Waals surface area (Å²) in [6.45, 7) is 2.94. The third kappa shape index (κ3) is 4.29. The highest BCUT2D eigenvalue weighted by Crippen LogP contribution is 2.32. The molecular weight excluding hydrogens is 384 g/mol. The Kier molecular flexibility index (Phi) is 5.30. The van der Waals surface area contributed by atoms with Crippen molar-refractivity contribution in [3.63, 3.8) is 0 Å². The number of piperazine rings is 1. The van der Waals surface area contributed by atoms with Crippen LogP contribution in [-0.2, 0) is 16.1 Å². The molecule has 0 atom stereocenters. The van der Waals surface area contributed by atoms with Crippen molar-refractivity contribution >= 4 is 17.5 Å². The molecule has 0 spiro atoms. The molecule has 9 heteroatoms. The molecule has 4 rings (SSSR count). The summed E-state index contributed by atoms with van der Waals surface area (Å²) >= 11 is 0. The Morgan fingerprint density at radius 1 is 0.931 bits per heavy atom. The van der Waals surface area contributed by atoms with E-state index in [1.807, 2.05) is 18.2 Å². The number of hydrogen-bond acceptors (Lipinski definition) is 5. The van der Waals surface area contributed by atoms with Gasteiger partial charge in [0.05, 0.1) is 0 Å². The summed E-state index contributed by atoms with van der Waals surface area (Å²) in [4.78, 5) is 28.1. The number of nitrogens with one attached hydrogen (secondary N) is 1. The number of carbonyl (C=O) groups is 2. The van der Waals surface area contributed by atoms with E-state index in [0.29, 0.717) is 32.7 Å². The highest BCUT2D eigenvalue weighted by molar-refractivity contribution is 6.39. The molecule has 2 aromatic carbocycles. The molecular formula is C20H19F2N3O4. The van der Waals surface area contributed by atoms with E-state index in [9.17, 15) is 18.4 Å². The molecule has 0 bridgehead atoms. The summed E-state index contributed by atoms with van der Waals surface area (Å²) in [5.74, 6) is -2.22. The lowest BCUT2D eigenvalue weighted by Crippen LogP contribution is -2.51. The van der Waals surface area contributed by atoms with Crippen molar-refractivity contribution in [1.82, 2.24) is 9.80 Å².